The van der Waals surface area contributed by atoms with Gasteiger partial charge in [0, 0.05) is 37.4 Å². The van der Waals surface area contributed by atoms with Crippen molar-refractivity contribution in [2.24, 2.45) is 0 Å². The van der Waals surface area contributed by atoms with Gasteiger partial charge in [0.1, 0.15) is 11.5 Å². The van der Waals surface area contributed by atoms with E-state index in [1.807, 2.05) is 0 Å². The van der Waals surface area contributed by atoms with Gasteiger partial charge in [0.25, 0.3) is 5.91 Å². The van der Waals surface area contributed by atoms with E-state index >= 15 is 0 Å². The Kier molecular flexibility index (Phi) is 7.38. The van der Waals surface area contributed by atoms with Gasteiger partial charge < -0.3 is 24.8 Å². The predicted octanol–water partition coefficient (Wildman–Crippen LogP) is 2.14. The Hall–Kier alpha value is -3.55. The van der Waals surface area contributed by atoms with E-state index in [-0.39, 0.29) is 5.91 Å². The predicted molar refractivity (Wildman–Crippen MR) is 102 cm³/mol. The fourth-order valence-electron chi connectivity index (χ4n) is 2.28. The van der Waals surface area contributed by atoms with Crippen molar-refractivity contribution in [2.45, 2.75) is 13.5 Å². The third-order valence-electron chi connectivity index (χ3n) is 3.70. The summed E-state index contributed by atoms with van der Waals surface area (Å²) in [7, 11) is 3.01. The molecule has 148 valence electrons. The number of hydrogen-bond donors (Lipinski definition) is 2. The van der Waals surface area contributed by atoms with Gasteiger partial charge in [0.2, 0.25) is 5.91 Å². The number of carbonyl (C=O) groups excluding carboxylic acids is 3. The molecule has 8 heteroatoms. The van der Waals surface area contributed by atoms with Crippen LogP contribution < -0.4 is 20.1 Å². The molecular weight excluding hydrogens is 364 g/mol. The molecule has 0 saturated carbocycles. The highest BCUT2D eigenvalue weighted by molar-refractivity contribution is 5.95. The standard InChI is InChI=1S/C20H22N2O6/c1-13(23)21-11-14-4-6-15(7-5-14)20(25)28-12-19(24)22-16-8-17(26-2)10-18(9-16)27-3/h4-10H,11-12H2,1-3H3,(H,21,23)(H,22,24). The summed E-state index contributed by atoms with van der Waals surface area (Å²) in [5.74, 6) is -0.212. The second-order valence-corrected chi connectivity index (χ2v) is 5.83. The van der Waals surface area contributed by atoms with Crippen molar-refractivity contribution < 1.29 is 28.6 Å². The van der Waals surface area contributed by atoms with Crippen molar-refractivity contribution in [2.75, 3.05) is 26.1 Å². The summed E-state index contributed by atoms with van der Waals surface area (Å²) in [4.78, 5) is 35.0. The van der Waals surface area contributed by atoms with Gasteiger partial charge >= 0.3 is 5.97 Å². The topological polar surface area (TPSA) is 103 Å². The molecule has 0 aliphatic rings. The maximum absolute atomic E-state index is 12.1. The second-order valence-electron chi connectivity index (χ2n) is 5.83. The monoisotopic (exact) mass is 386 g/mol. The molecule has 0 aliphatic heterocycles. The quantitative estimate of drug-likeness (QED) is 0.674. The van der Waals surface area contributed by atoms with Gasteiger partial charge in [0.05, 0.1) is 19.8 Å². The molecule has 2 aromatic carbocycles. The van der Waals surface area contributed by atoms with Crippen LogP contribution in [-0.2, 0) is 20.9 Å². The zero-order valence-electron chi connectivity index (χ0n) is 15.9. The highest BCUT2D eigenvalue weighted by Gasteiger charge is 2.11. The summed E-state index contributed by atoms with van der Waals surface area (Å²) in [6.07, 6.45) is 0. The average molecular weight is 386 g/mol. The minimum absolute atomic E-state index is 0.136. The van der Waals surface area contributed by atoms with E-state index in [0.29, 0.717) is 29.3 Å². The lowest BCUT2D eigenvalue weighted by Gasteiger charge is -2.10. The number of rotatable bonds is 8. The van der Waals surface area contributed by atoms with Gasteiger partial charge in [0.15, 0.2) is 6.61 Å². The SMILES string of the molecule is COc1cc(NC(=O)COC(=O)c2ccc(CNC(C)=O)cc2)cc(OC)c1. The largest absolute Gasteiger partial charge is 0.497 e. The highest BCUT2D eigenvalue weighted by Crippen LogP contribution is 2.25. The van der Waals surface area contributed by atoms with E-state index < -0.39 is 18.5 Å². The zero-order chi connectivity index (χ0) is 20.5. The van der Waals surface area contributed by atoms with Crippen LogP contribution in [-0.4, -0.2) is 38.6 Å². The van der Waals surface area contributed by atoms with E-state index in [0.717, 1.165) is 5.56 Å². The Morgan fingerprint density at radius 2 is 1.54 bits per heavy atom. The highest BCUT2D eigenvalue weighted by atomic mass is 16.5. The molecule has 0 fully saturated rings. The van der Waals surface area contributed by atoms with Gasteiger partial charge in [-0.25, -0.2) is 4.79 Å². The maximum atomic E-state index is 12.1. The Balaban J connectivity index is 1.88. The summed E-state index contributed by atoms with van der Waals surface area (Å²) in [6.45, 7) is 1.36. The maximum Gasteiger partial charge on any atom is 0.338 e. The van der Waals surface area contributed by atoms with Gasteiger partial charge in [-0.1, -0.05) is 12.1 Å². The number of methoxy groups -OCH3 is 2. The Morgan fingerprint density at radius 3 is 2.07 bits per heavy atom. The first-order valence-electron chi connectivity index (χ1n) is 8.44. The number of esters is 1. The molecule has 8 nitrogen and oxygen atoms in total. The van der Waals surface area contributed by atoms with E-state index in [9.17, 15) is 14.4 Å². The number of carbonyl (C=O) groups is 3. The van der Waals surface area contributed by atoms with Crippen molar-refractivity contribution in [3.8, 4) is 11.5 Å². The molecule has 0 radical (unpaired) electrons. The number of nitrogens with one attached hydrogen (secondary N) is 2. The smallest absolute Gasteiger partial charge is 0.338 e. The number of anilines is 1. The molecule has 0 aliphatic carbocycles. The molecule has 0 unspecified atom stereocenters. The first kappa shape index (κ1) is 20.8. The van der Waals surface area contributed by atoms with Crippen LogP contribution in [0.25, 0.3) is 0 Å². The molecule has 0 aromatic heterocycles. The van der Waals surface area contributed by atoms with E-state index in [1.165, 1.54) is 21.1 Å². The molecule has 0 atom stereocenters. The van der Waals surface area contributed by atoms with Gasteiger partial charge in [-0.2, -0.15) is 0 Å². The first-order valence-corrected chi connectivity index (χ1v) is 8.44. The Bertz CT molecular complexity index is 826. The van der Waals surface area contributed by atoms with Crippen LogP contribution in [0.4, 0.5) is 5.69 Å². The lowest BCUT2D eigenvalue weighted by atomic mass is 10.1. The van der Waals surface area contributed by atoms with Crippen LogP contribution in [0.2, 0.25) is 0 Å². The Labute approximate surface area is 162 Å². The van der Waals surface area contributed by atoms with E-state index in [2.05, 4.69) is 10.6 Å². The molecule has 2 amide bonds. The van der Waals surface area contributed by atoms with Crippen LogP contribution in [0, 0.1) is 0 Å². The molecule has 2 N–H and O–H groups in total. The number of hydrogen-bond acceptors (Lipinski definition) is 6. The van der Waals surface area contributed by atoms with Gasteiger partial charge in [-0.05, 0) is 17.7 Å². The first-order chi connectivity index (χ1) is 13.4. The van der Waals surface area contributed by atoms with Crippen LogP contribution in [0.15, 0.2) is 42.5 Å². The number of benzene rings is 2. The minimum atomic E-state index is -0.621. The van der Waals surface area contributed by atoms with E-state index in [4.69, 9.17) is 14.2 Å². The summed E-state index contributed by atoms with van der Waals surface area (Å²) in [5, 5.41) is 5.28. The van der Waals surface area contributed by atoms with E-state index in [1.54, 1.807) is 42.5 Å². The van der Waals surface area contributed by atoms with Gasteiger partial charge in [-0.3, -0.25) is 9.59 Å². The number of amides is 2. The summed E-state index contributed by atoms with van der Waals surface area (Å²) < 4.78 is 15.3. The van der Waals surface area contributed by atoms with Crippen LogP contribution in [0.1, 0.15) is 22.8 Å². The zero-order valence-corrected chi connectivity index (χ0v) is 15.9. The molecule has 0 bridgehead atoms. The van der Waals surface area contributed by atoms with Crippen molar-refractivity contribution in [3.05, 3.63) is 53.6 Å². The average Bonchev–Trinajstić information content (AvgIpc) is 2.70. The normalized spacial score (nSPS) is 9.96. The van der Waals surface area contributed by atoms with Gasteiger partial charge in [-0.15, -0.1) is 0 Å². The van der Waals surface area contributed by atoms with Crippen LogP contribution in [0.3, 0.4) is 0 Å². The Morgan fingerprint density at radius 1 is 0.929 bits per heavy atom. The molecule has 0 spiro atoms. The van der Waals surface area contributed by atoms with Crippen LogP contribution in [0.5, 0.6) is 11.5 Å². The lowest BCUT2D eigenvalue weighted by Crippen LogP contribution is -2.21. The molecule has 2 aromatic rings. The summed E-state index contributed by atoms with van der Waals surface area (Å²) in [5.41, 5.74) is 1.61. The molecule has 0 heterocycles. The fraction of sp³-hybridized carbons (Fsp3) is 0.250. The molecule has 28 heavy (non-hydrogen) atoms. The number of ether oxygens (including phenoxy) is 3. The lowest BCUT2D eigenvalue weighted by molar-refractivity contribution is -0.119. The van der Waals surface area contributed by atoms with Crippen molar-refractivity contribution in [1.29, 1.82) is 0 Å². The molecule has 0 saturated heterocycles. The third kappa shape index (κ3) is 6.31. The summed E-state index contributed by atoms with van der Waals surface area (Å²) >= 11 is 0. The second kappa shape index (κ2) is 9.96. The molecule has 2 rings (SSSR count). The summed E-state index contributed by atoms with van der Waals surface area (Å²) in [6, 6.07) is 11.5. The van der Waals surface area contributed by atoms with Crippen molar-refractivity contribution in [1.82, 2.24) is 5.32 Å². The molecular formula is C20H22N2O6. The van der Waals surface area contributed by atoms with Crippen molar-refractivity contribution >= 4 is 23.5 Å². The third-order valence-corrected chi connectivity index (χ3v) is 3.70. The minimum Gasteiger partial charge on any atom is -0.497 e. The fourth-order valence-corrected chi connectivity index (χ4v) is 2.28. The van der Waals surface area contributed by atoms with Crippen molar-refractivity contribution in [3.63, 3.8) is 0 Å². The van der Waals surface area contributed by atoms with Crippen LogP contribution >= 0.6 is 0 Å².